The molecule has 2 aliphatic heterocycles. The van der Waals surface area contributed by atoms with Gasteiger partial charge in [-0.25, -0.2) is 4.98 Å². The van der Waals surface area contributed by atoms with E-state index in [1.807, 2.05) is 6.92 Å². The number of hydrogen-bond donors (Lipinski definition) is 1. The molecule has 1 aromatic carbocycles. The maximum absolute atomic E-state index is 12.9. The van der Waals surface area contributed by atoms with E-state index in [2.05, 4.69) is 4.98 Å². The van der Waals surface area contributed by atoms with Crippen molar-refractivity contribution in [1.29, 1.82) is 0 Å². The lowest BCUT2D eigenvalue weighted by atomic mass is 10.0. The molecule has 30 heavy (non-hydrogen) atoms. The topological polar surface area (TPSA) is 115 Å². The predicted molar refractivity (Wildman–Crippen MR) is 104 cm³/mol. The summed E-state index contributed by atoms with van der Waals surface area (Å²) < 4.78 is 12.7. The highest BCUT2D eigenvalue weighted by molar-refractivity contribution is 6.00. The Balaban J connectivity index is 1.51. The third-order valence-corrected chi connectivity index (χ3v) is 5.63. The summed E-state index contributed by atoms with van der Waals surface area (Å²) in [5, 5.41) is 10.5. The molecule has 1 N–H and O–H groups in total. The Morgan fingerprint density at radius 1 is 1.30 bits per heavy atom. The van der Waals surface area contributed by atoms with E-state index in [4.69, 9.17) is 9.15 Å². The lowest BCUT2D eigenvalue weighted by Gasteiger charge is -2.44. The van der Waals surface area contributed by atoms with Gasteiger partial charge in [-0.15, -0.1) is 0 Å². The summed E-state index contributed by atoms with van der Waals surface area (Å²) in [6.07, 6.45) is 1.25. The van der Waals surface area contributed by atoms with Gasteiger partial charge in [0, 0.05) is 12.2 Å². The van der Waals surface area contributed by atoms with E-state index >= 15 is 0 Å². The maximum atomic E-state index is 12.9. The van der Waals surface area contributed by atoms with Gasteiger partial charge in [0.25, 0.3) is 5.91 Å². The Bertz CT molecular complexity index is 1210. The number of fused-ring (bicyclic) bond motifs is 3. The van der Waals surface area contributed by atoms with Gasteiger partial charge in [0.1, 0.15) is 5.52 Å². The van der Waals surface area contributed by atoms with Crippen molar-refractivity contribution in [3.63, 3.8) is 0 Å². The number of para-hydroxylation sites is 2. The van der Waals surface area contributed by atoms with Gasteiger partial charge in [-0.05, 0) is 25.5 Å². The summed E-state index contributed by atoms with van der Waals surface area (Å²) in [4.78, 5) is 44.2. The van der Waals surface area contributed by atoms with Crippen LogP contribution in [0.25, 0.3) is 11.1 Å². The van der Waals surface area contributed by atoms with Gasteiger partial charge in [0.05, 0.1) is 25.1 Å². The van der Waals surface area contributed by atoms with Crippen LogP contribution in [0.3, 0.4) is 0 Å². The van der Waals surface area contributed by atoms with Gasteiger partial charge < -0.3 is 23.7 Å². The van der Waals surface area contributed by atoms with E-state index in [1.54, 1.807) is 24.3 Å². The number of oxazole rings is 1. The third kappa shape index (κ3) is 2.81. The summed E-state index contributed by atoms with van der Waals surface area (Å²) in [5.41, 5.74) is -0.0606. The number of pyridine rings is 1. The van der Waals surface area contributed by atoms with Gasteiger partial charge >= 0.3 is 0 Å². The van der Waals surface area contributed by atoms with Crippen molar-refractivity contribution in [2.24, 2.45) is 0 Å². The highest BCUT2D eigenvalue weighted by Gasteiger charge is 2.41. The van der Waals surface area contributed by atoms with Crippen molar-refractivity contribution < 1.29 is 23.8 Å². The molecule has 5 rings (SSSR count). The fourth-order valence-electron chi connectivity index (χ4n) is 4.09. The number of aromatic nitrogens is 2. The van der Waals surface area contributed by atoms with Crippen LogP contribution in [0.1, 0.15) is 40.1 Å². The first-order valence-corrected chi connectivity index (χ1v) is 9.72. The minimum atomic E-state index is -0.875. The monoisotopic (exact) mass is 409 g/mol. The number of Topliss-reactive ketones (excluding diaryl/α,β-unsaturated/α-hetero) is 1. The minimum Gasteiger partial charge on any atom is -0.503 e. The van der Waals surface area contributed by atoms with Gasteiger partial charge in [-0.2, -0.15) is 0 Å². The summed E-state index contributed by atoms with van der Waals surface area (Å²) in [5.74, 6) is -1.58. The number of carbonyl (C=O) groups is 2. The van der Waals surface area contributed by atoms with E-state index in [9.17, 15) is 19.5 Å². The van der Waals surface area contributed by atoms with Crippen LogP contribution in [0, 0.1) is 0 Å². The summed E-state index contributed by atoms with van der Waals surface area (Å²) >= 11 is 0. The van der Waals surface area contributed by atoms with Crippen LogP contribution >= 0.6 is 0 Å². The van der Waals surface area contributed by atoms with Crippen LogP contribution in [0.4, 0.5) is 0 Å². The fourth-order valence-corrected chi connectivity index (χ4v) is 4.09. The smallest absolute Gasteiger partial charge is 0.276 e. The largest absolute Gasteiger partial charge is 0.503 e. The predicted octanol–water partition coefficient (Wildman–Crippen LogP) is 1.71. The molecule has 1 saturated heterocycles. The average Bonchev–Trinajstić information content (AvgIpc) is 3.12. The second kappa shape index (κ2) is 6.81. The molecule has 1 amide bonds. The van der Waals surface area contributed by atoms with Crippen LogP contribution < -0.4 is 5.43 Å². The Hall–Kier alpha value is -3.46. The van der Waals surface area contributed by atoms with Crippen molar-refractivity contribution in [3.8, 4) is 5.75 Å². The number of aromatic hydroxyl groups is 1. The van der Waals surface area contributed by atoms with E-state index < -0.39 is 29.1 Å². The van der Waals surface area contributed by atoms with Crippen molar-refractivity contribution in [1.82, 2.24) is 14.5 Å². The lowest BCUT2D eigenvalue weighted by molar-refractivity contribution is -0.112. The molecular formula is C21H19N3O6. The standard InChI is InChI=1S/C21H19N3O6/c1-11-6-7-29-17-10-23-9-12(19(26)20(27)18(23)21(28)24(11)17)14(25)8-16-22-13-4-2-3-5-15(13)30-16/h2-5,9,11,17,27H,6-8,10H2,1H3/t11-,17+/m1/s1. The van der Waals surface area contributed by atoms with E-state index in [1.165, 1.54) is 15.7 Å². The number of carbonyl (C=O) groups excluding carboxylic acids is 2. The second-order valence-electron chi connectivity index (χ2n) is 7.57. The number of nitrogens with zero attached hydrogens (tertiary/aromatic N) is 3. The Morgan fingerprint density at radius 2 is 2.10 bits per heavy atom. The van der Waals surface area contributed by atoms with Crippen molar-refractivity contribution in [2.45, 2.75) is 38.6 Å². The number of ether oxygens (including phenoxy) is 1. The SMILES string of the molecule is C[C@@H]1CCO[C@H]2Cn3cc(C(=O)Cc4nc5ccccc5o4)c(=O)c(O)c3C(=O)N12. The van der Waals surface area contributed by atoms with Gasteiger partial charge in [-0.1, -0.05) is 12.1 Å². The number of ketones is 1. The molecule has 154 valence electrons. The van der Waals surface area contributed by atoms with E-state index in [0.29, 0.717) is 24.1 Å². The molecular weight excluding hydrogens is 390 g/mol. The van der Waals surface area contributed by atoms with Crippen LogP contribution in [-0.2, 0) is 17.7 Å². The molecule has 1 fully saturated rings. The zero-order valence-electron chi connectivity index (χ0n) is 16.2. The number of amides is 1. The molecule has 0 unspecified atom stereocenters. The molecule has 0 saturated carbocycles. The molecule has 0 bridgehead atoms. The van der Waals surface area contributed by atoms with Crippen LogP contribution in [0.2, 0.25) is 0 Å². The zero-order chi connectivity index (χ0) is 21.0. The maximum Gasteiger partial charge on any atom is 0.276 e. The first-order chi connectivity index (χ1) is 14.4. The highest BCUT2D eigenvalue weighted by atomic mass is 16.5. The van der Waals surface area contributed by atoms with Crippen molar-refractivity contribution in [2.75, 3.05) is 6.61 Å². The summed E-state index contributed by atoms with van der Waals surface area (Å²) in [6, 6.07) is 7.02. The molecule has 0 spiro atoms. The first kappa shape index (κ1) is 18.6. The molecule has 2 aliphatic rings. The van der Waals surface area contributed by atoms with Gasteiger partial charge in [-0.3, -0.25) is 14.4 Å². The normalized spacial score (nSPS) is 20.8. The van der Waals surface area contributed by atoms with Gasteiger partial charge in [0.15, 0.2) is 29.0 Å². The first-order valence-electron chi connectivity index (χ1n) is 9.72. The summed E-state index contributed by atoms with van der Waals surface area (Å²) in [7, 11) is 0. The van der Waals surface area contributed by atoms with Crippen LogP contribution in [0.5, 0.6) is 5.75 Å². The molecule has 2 atom stereocenters. The molecule has 9 heteroatoms. The molecule has 4 heterocycles. The fraction of sp³-hybridized carbons (Fsp3) is 0.333. The summed E-state index contributed by atoms with van der Waals surface area (Å²) in [6.45, 7) is 2.64. The molecule has 0 radical (unpaired) electrons. The Morgan fingerprint density at radius 3 is 2.90 bits per heavy atom. The van der Waals surface area contributed by atoms with Crippen molar-refractivity contribution >= 4 is 22.8 Å². The second-order valence-corrected chi connectivity index (χ2v) is 7.57. The van der Waals surface area contributed by atoms with Gasteiger partial charge in [0.2, 0.25) is 11.3 Å². The van der Waals surface area contributed by atoms with Crippen LogP contribution in [0.15, 0.2) is 39.7 Å². The molecule has 2 aromatic heterocycles. The third-order valence-electron chi connectivity index (χ3n) is 5.63. The number of hydrogen-bond acceptors (Lipinski definition) is 7. The van der Waals surface area contributed by atoms with Crippen LogP contribution in [-0.4, -0.2) is 50.1 Å². The molecule has 9 nitrogen and oxygen atoms in total. The van der Waals surface area contributed by atoms with E-state index in [0.717, 1.165) is 0 Å². The number of benzene rings is 1. The van der Waals surface area contributed by atoms with Crippen molar-refractivity contribution in [3.05, 3.63) is 57.8 Å². The Kier molecular flexibility index (Phi) is 4.21. The highest BCUT2D eigenvalue weighted by Crippen LogP contribution is 2.29. The van der Waals surface area contributed by atoms with E-state index in [-0.39, 0.29) is 36.2 Å². The Labute approximate surface area is 170 Å². The molecule has 3 aromatic rings. The number of rotatable bonds is 3. The lowest BCUT2D eigenvalue weighted by Crippen LogP contribution is -2.57. The quantitative estimate of drug-likeness (QED) is 0.655. The minimum absolute atomic E-state index is 0.0695. The molecule has 0 aliphatic carbocycles. The zero-order valence-corrected chi connectivity index (χ0v) is 16.2. The average molecular weight is 409 g/mol.